The van der Waals surface area contributed by atoms with E-state index in [9.17, 15) is 4.79 Å². The molecule has 1 aromatic rings. The molecule has 0 N–H and O–H groups in total. The van der Waals surface area contributed by atoms with Gasteiger partial charge in [-0.25, -0.2) is 0 Å². The number of hydrogen-bond acceptors (Lipinski definition) is 4. The van der Waals surface area contributed by atoms with Crippen LogP contribution in [0.2, 0.25) is 0 Å². The predicted molar refractivity (Wildman–Crippen MR) is 43.3 cm³/mol. The molecule has 0 aliphatic heterocycles. The van der Waals surface area contributed by atoms with Crippen LogP contribution >= 0.6 is 0 Å². The van der Waals surface area contributed by atoms with E-state index in [2.05, 4.69) is 58.8 Å². The Hall–Kier alpha value is -0.0605. The minimum atomic E-state index is -0.443. The summed E-state index contributed by atoms with van der Waals surface area (Å²) in [6, 6.07) is 0. The molecule has 0 aromatic carbocycles. The van der Waals surface area contributed by atoms with Crippen LogP contribution in [0.3, 0.4) is 0 Å². The third-order valence-electron chi connectivity index (χ3n) is 1.57. The van der Waals surface area contributed by atoms with Crippen LogP contribution in [0, 0.1) is 51.0 Å². The summed E-state index contributed by atoms with van der Waals surface area (Å²) >= 11 is 2.81. The van der Waals surface area contributed by atoms with Crippen molar-refractivity contribution in [2.45, 2.75) is 6.92 Å². The first-order valence-corrected chi connectivity index (χ1v) is 4.46. The van der Waals surface area contributed by atoms with Gasteiger partial charge in [0.05, 0.1) is 0 Å². The van der Waals surface area contributed by atoms with Crippen molar-refractivity contribution in [1.82, 2.24) is 9.97 Å². The van der Waals surface area contributed by atoms with Gasteiger partial charge in [-0.2, -0.15) is 0 Å². The molecule has 0 aliphatic carbocycles. The second kappa shape index (κ2) is 4.98. The molecular weight excluding hydrogens is 329 g/mol. The second-order valence-corrected chi connectivity index (χ2v) is 2.80. The second-order valence-electron chi connectivity index (χ2n) is 2.30. The number of nitrogens with zero attached hydrogens (tertiary/aromatic N) is 2. The van der Waals surface area contributed by atoms with Crippen LogP contribution in [0.5, 0.6) is 0 Å². The monoisotopic (exact) mass is 338 g/mol. The van der Waals surface area contributed by atoms with Gasteiger partial charge in [-0.1, -0.05) is 0 Å². The normalized spacial score (nSPS) is 9.54. The van der Waals surface area contributed by atoms with Crippen LogP contribution < -0.4 is 0 Å². The summed E-state index contributed by atoms with van der Waals surface area (Å²) in [6.07, 6.45) is 1.33. The van der Waals surface area contributed by atoms with Crippen LogP contribution in [0.1, 0.15) is 21.7 Å². The van der Waals surface area contributed by atoms with E-state index < -0.39 is 5.97 Å². The predicted octanol–water partition coefficient (Wildman–Crippen LogP) is 0.271. The van der Waals surface area contributed by atoms with Crippen LogP contribution in [0.25, 0.3) is 0 Å². The Labute approximate surface area is 106 Å². The van der Waals surface area contributed by atoms with Gasteiger partial charge >= 0.3 is 108 Å². The summed E-state index contributed by atoms with van der Waals surface area (Å²) in [6.45, 7) is 1.77. The zero-order valence-electron chi connectivity index (χ0n) is 7.13. The van der Waals surface area contributed by atoms with Crippen LogP contribution in [0.4, 0.5) is 0 Å². The zero-order chi connectivity index (χ0) is 9.84. The van der Waals surface area contributed by atoms with Crippen molar-refractivity contribution < 1.29 is 53.6 Å². The molecule has 0 aliphatic rings. The molecule has 1 aromatic heterocycles. The molecule has 0 saturated carbocycles. The number of esters is 1. The molecule has 0 unspecified atom stereocenters. The molecule has 0 amide bonds. The summed E-state index contributed by atoms with van der Waals surface area (Å²) in [5.74, 6) is -0.443. The zero-order valence-corrected chi connectivity index (χ0v) is 8.85. The van der Waals surface area contributed by atoms with E-state index in [1.807, 2.05) is 0 Å². The first-order chi connectivity index (χ1) is 6.20. The molecule has 0 spiro atoms. The molecule has 5 heteroatoms. The average molecular weight is 337 g/mol. The molecule has 1 heterocycles. The Balaban J connectivity index is 3.23. The van der Waals surface area contributed by atoms with Crippen molar-refractivity contribution in [2.24, 2.45) is 0 Å². The van der Waals surface area contributed by atoms with E-state index in [1.54, 1.807) is 7.66 Å². The summed E-state index contributed by atoms with van der Waals surface area (Å²) in [7, 11) is 1.32. The van der Waals surface area contributed by atoms with E-state index in [-0.39, 0.29) is 0 Å². The van der Waals surface area contributed by atoms with Crippen LogP contribution in [-0.2, 0) is 4.74 Å². The van der Waals surface area contributed by atoms with E-state index in [0.717, 1.165) is 0 Å². The molecular formula is C8H8N2O2Yb. The molecule has 76 valence electrons. The van der Waals surface area contributed by atoms with Gasteiger partial charge in [0, 0.05) is 0 Å². The number of rotatable bonds is 2. The number of hydrogen-bond donors (Lipinski definition) is 0. The van der Waals surface area contributed by atoms with Crippen molar-refractivity contribution in [2.75, 3.05) is 7.11 Å². The first kappa shape index (κ1) is 11.0. The van der Waals surface area contributed by atoms with Gasteiger partial charge < -0.3 is 0 Å². The van der Waals surface area contributed by atoms with Crippen LogP contribution in [-0.4, -0.2) is 23.8 Å². The van der Waals surface area contributed by atoms with Gasteiger partial charge in [0.1, 0.15) is 0 Å². The van der Waals surface area contributed by atoms with Crippen molar-refractivity contribution >= 4 is 6.71 Å². The van der Waals surface area contributed by atoms with Gasteiger partial charge in [-0.05, 0) is 0 Å². The number of ether oxygens (including phenoxy) is 1. The average Bonchev–Trinajstić information content (AvgIpc) is 2.17. The molecule has 0 bridgehead atoms. The van der Waals surface area contributed by atoms with Gasteiger partial charge in [0.25, 0.3) is 0 Å². The quantitative estimate of drug-likeness (QED) is 0.727. The molecule has 0 atom stereocenters. The number of carbonyl (C=O) groups is 1. The standard InChI is InChI=1S/C8H8N2O2.Yb/c1-5-6(2)9-4-10-7(5)8(11)12-3;/h2,4H,1,3H3;. The summed E-state index contributed by atoms with van der Waals surface area (Å²) in [4.78, 5) is 19.0. The third kappa shape index (κ3) is 2.45. The van der Waals surface area contributed by atoms with E-state index in [4.69, 9.17) is 0 Å². The number of methoxy groups -OCH3 is 1. The number of aromatic nitrogens is 2. The Bertz CT molecular complexity index is 352. The Morgan fingerprint density at radius 3 is 2.85 bits per heavy atom. The Morgan fingerprint density at radius 1 is 1.62 bits per heavy atom. The fourth-order valence-corrected chi connectivity index (χ4v) is 1.34. The van der Waals surface area contributed by atoms with Crippen molar-refractivity contribution in [3.63, 3.8) is 0 Å². The first-order valence-electron chi connectivity index (χ1n) is 3.47. The molecule has 0 saturated heterocycles. The maximum atomic E-state index is 11.2. The summed E-state index contributed by atoms with van der Waals surface area (Å²) in [5.41, 5.74) is 1.71. The number of carbonyl (C=O) groups excluding carboxylic acids is 1. The van der Waals surface area contributed by atoms with Crippen molar-refractivity contribution in [1.29, 1.82) is 0 Å². The Morgan fingerprint density at radius 2 is 2.31 bits per heavy atom. The van der Waals surface area contributed by atoms with Crippen LogP contribution in [0.15, 0.2) is 6.33 Å². The third-order valence-corrected chi connectivity index (χ3v) is 2.04. The summed E-state index contributed by atoms with van der Waals surface area (Å²) in [5, 5.41) is 0. The van der Waals surface area contributed by atoms with Crippen molar-refractivity contribution in [3.8, 4) is 0 Å². The SMILES string of the molecule is COC(=O)c1ncnc([CH]=[Yb])c1C. The van der Waals surface area contributed by atoms with Gasteiger partial charge in [0.15, 0.2) is 0 Å². The topological polar surface area (TPSA) is 52.1 Å². The fraction of sp³-hybridized carbons (Fsp3) is 0.250. The maximum absolute atomic E-state index is 11.2. The summed E-state index contributed by atoms with van der Waals surface area (Å²) < 4.78 is 6.25. The van der Waals surface area contributed by atoms with Gasteiger partial charge in [-0.3, -0.25) is 0 Å². The van der Waals surface area contributed by atoms with E-state index in [1.165, 1.54) is 13.4 Å². The van der Waals surface area contributed by atoms with Gasteiger partial charge in [0.2, 0.25) is 0 Å². The molecule has 0 fully saturated rings. The van der Waals surface area contributed by atoms with E-state index >= 15 is 0 Å². The van der Waals surface area contributed by atoms with Gasteiger partial charge in [-0.15, -0.1) is 0 Å². The fourth-order valence-electron chi connectivity index (χ4n) is 0.844. The van der Waals surface area contributed by atoms with Crippen molar-refractivity contribution in [3.05, 3.63) is 23.3 Å². The minimum absolute atomic E-state index is 0.302. The molecule has 4 nitrogen and oxygen atoms in total. The molecule has 0 radical (unpaired) electrons. The molecule has 13 heavy (non-hydrogen) atoms. The Kier molecular flexibility index (Phi) is 4.22. The van der Waals surface area contributed by atoms with E-state index in [0.29, 0.717) is 17.0 Å². The molecule has 1 rings (SSSR count).